The fraction of sp³-hybridized carbons (Fsp3) is 0.583. The number of phenols is 2. The van der Waals surface area contributed by atoms with E-state index >= 15 is 0 Å². The Balaban J connectivity index is 1.76. The predicted molar refractivity (Wildman–Crippen MR) is 129 cm³/mol. The van der Waals surface area contributed by atoms with Crippen LogP contribution in [0.25, 0.3) is 0 Å². The lowest BCUT2D eigenvalue weighted by Gasteiger charge is -2.37. The van der Waals surface area contributed by atoms with Gasteiger partial charge in [0.2, 0.25) is 17.7 Å². The van der Waals surface area contributed by atoms with Crippen molar-refractivity contribution in [3.8, 4) is 11.5 Å². The Morgan fingerprint density at radius 2 is 1.83 bits per heavy atom. The van der Waals surface area contributed by atoms with Crippen LogP contribution in [-0.4, -0.2) is 81.2 Å². The highest BCUT2D eigenvalue weighted by Crippen LogP contribution is 2.33. The summed E-state index contributed by atoms with van der Waals surface area (Å²) in [6.45, 7) is 2.54. The lowest BCUT2D eigenvalue weighted by Crippen LogP contribution is -2.58. The van der Waals surface area contributed by atoms with Gasteiger partial charge in [-0.2, -0.15) is 0 Å². The third-order valence-electron chi connectivity index (χ3n) is 6.69. The molecule has 3 amide bonds. The molecule has 1 fully saturated rings. The van der Waals surface area contributed by atoms with Gasteiger partial charge in [0.25, 0.3) is 0 Å². The zero-order valence-corrected chi connectivity index (χ0v) is 20.3. The van der Waals surface area contributed by atoms with Crippen LogP contribution in [0.5, 0.6) is 11.5 Å². The Morgan fingerprint density at radius 3 is 2.44 bits per heavy atom. The van der Waals surface area contributed by atoms with E-state index < -0.39 is 35.9 Å². The molecule has 0 saturated carbocycles. The SMILES string of the molecule is C[C@H](NC(=O)[C@@H]1CCCN1)C(=O)N[C@@H](CCCCN)C(=O)N1Cc2cc(O)c(O)cc2C[C@@H]1C(=O)O. The Morgan fingerprint density at radius 1 is 1.14 bits per heavy atom. The van der Waals surface area contributed by atoms with Crippen molar-refractivity contribution >= 4 is 23.7 Å². The van der Waals surface area contributed by atoms with E-state index in [0.29, 0.717) is 36.9 Å². The molecule has 12 nitrogen and oxygen atoms in total. The molecule has 3 rings (SSSR count). The number of nitrogens with zero attached hydrogens (tertiary/aromatic N) is 1. The summed E-state index contributed by atoms with van der Waals surface area (Å²) in [5.74, 6) is -3.39. The zero-order chi connectivity index (χ0) is 26.4. The number of nitrogens with two attached hydrogens (primary N) is 1. The van der Waals surface area contributed by atoms with Crippen molar-refractivity contribution in [2.24, 2.45) is 5.73 Å². The molecule has 8 N–H and O–H groups in total. The molecule has 0 spiro atoms. The second-order valence-electron chi connectivity index (χ2n) is 9.36. The summed E-state index contributed by atoms with van der Waals surface area (Å²) in [5.41, 5.74) is 6.60. The maximum absolute atomic E-state index is 13.6. The maximum atomic E-state index is 13.6. The molecule has 1 aromatic carbocycles. The Labute approximate surface area is 209 Å². The van der Waals surface area contributed by atoms with Crippen LogP contribution in [0.2, 0.25) is 0 Å². The minimum absolute atomic E-state index is 0.0610. The number of fused-ring (bicyclic) bond motifs is 1. The predicted octanol–water partition coefficient (Wildman–Crippen LogP) is -0.694. The molecule has 1 aromatic rings. The van der Waals surface area contributed by atoms with Crippen LogP contribution in [0.3, 0.4) is 0 Å². The number of aromatic hydroxyl groups is 2. The molecule has 4 atom stereocenters. The molecule has 0 aromatic heterocycles. The second-order valence-corrected chi connectivity index (χ2v) is 9.36. The number of hydrogen-bond acceptors (Lipinski definition) is 8. The first-order chi connectivity index (χ1) is 17.1. The number of carbonyl (C=O) groups is 4. The van der Waals surface area contributed by atoms with Crippen molar-refractivity contribution in [3.63, 3.8) is 0 Å². The first-order valence-electron chi connectivity index (χ1n) is 12.2. The smallest absolute Gasteiger partial charge is 0.326 e. The average Bonchev–Trinajstić information content (AvgIpc) is 3.38. The number of carboxylic acid groups (broad SMARTS) is 1. The minimum Gasteiger partial charge on any atom is -0.504 e. The lowest BCUT2D eigenvalue weighted by molar-refractivity contribution is -0.153. The van der Waals surface area contributed by atoms with Crippen LogP contribution in [0, 0.1) is 0 Å². The first-order valence-corrected chi connectivity index (χ1v) is 12.2. The normalized spacial score (nSPS) is 20.8. The third kappa shape index (κ3) is 6.43. The molecule has 0 radical (unpaired) electrons. The third-order valence-corrected chi connectivity index (χ3v) is 6.69. The first kappa shape index (κ1) is 27.2. The summed E-state index contributed by atoms with van der Waals surface area (Å²) in [6, 6.07) is -0.896. The van der Waals surface area contributed by atoms with Gasteiger partial charge >= 0.3 is 5.97 Å². The van der Waals surface area contributed by atoms with E-state index in [1.807, 2.05) is 0 Å². The van der Waals surface area contributed by atoms with Crippen LogP contribution in [0.4, 0.5) is 0 Å². The molecule has 2 aliphatic rings. The molecule has 1 saturated heterocycles. The summed E-state index contributed by atoms with van der Waals surface area (Å²) in [6.07, 6.45) is 2.87. The highest BCUT2D eigenvalue weighted by molar-refractivity contribution is 5.94. The number of unbranched alkanes of at least 4 members (excludes halogenated alkanes) is 1. The minimum atomic E-state index is -1.22. The molecule has 2 heterocycles. The highest BCUT2D eigenvalue weighted by Gasteiger charge is 2.38. The monoisotopic (exact) mass is 505 g/mol. The lowest BCUT2D eigenvalue weighted by atomic mass is 9.92. The van der Waals surface area contributed by atoms with Gasteiger partial charge < -0.3 is 41.9 Å². The van der Waals surface area contributed by atoms with E-state index in [0.717, 1.165) is 13.0 Å². The Kier molecular flexibility index (Phi) is 9.10. The Bertz CT molecular complexity index is 995. The van der Waals surface area contributed by atoms with Gasteiger partial charge in [0.1, 0.15) is 18.1 Å². The molecule has 0 aliphatic carbocycles. The van der Waals surface area contributed by atoms with E-state index in [-0.39, 0.29) is 42.8 Å². The summed E-state index contributed by atoms with van der Waals surface area (Å²) in [4.78, 5) is 52.0. The summed E-state index contributed by atoms with van der Waals surface area (Å²) in [5, 5.41) is 37.9. The van der Waals surface area contributed by atoms with Crippen LogP contribution in [0.1, 0.15) is 50.2 Å². The van der Waals surface area contributed by atoms with Crippen LogP contribution < -0.4 is 21.7 Å². The summed E-state index contributed by atoms with van der Waals surface area (Å²) in [7, 11) is 0. The van der Waals surface area contributed by atoms with E-state index in [2.05, 4.69) is 16.0 Å². The summed E-state index contributed by atoms with van der Waals surface area (Å²) < 4.78 is 0. The van der Waals surface area contributed by atoms with Gasteiger partial charge in [-0.15, -0.1) is 0 Å². The topological polar surface area (TPSA) is 194 Å². The molecule has 0 unspecified atom stereocenters. The van der Waals surface area contributed by atoms with E-state index in [1.165, 1.54) is 24.0 Å². The number of carboxylic acids is 1. The molecule has 2 aliphatic heterocycles. The number of benzene rings is 1. The number of rotatable bonds is 10. The average molecular weight is 506 g/mol. The molecular weight excluding hydrogens is 470 g/mol. The van der Waals surface area contributed by atoms with Crippen molar-refractivity contribution in [1.29, 1.82) is 0 Å². The van der Waals surface area contributed by atoms with Gasteiger partial charge in [0.15, 0.2) is 11.5 Å². The van der Waals surface area contributed by atoms with Crippen molar-refractivity contribution in [1.82, 2.24) is 20.9 Å². The molecule has 12 heteroatoms. The van der Waals surface area contributed by atoms with Crippen LogP contribution >= 0.6 is 0 Å². The maximum Gasteiger partial charge on any atom is 0.326 e. The fourth-order valence-corrected chi connectivity index (χ4v) is 4.60. The van der Waals surface area contributed by atoms with Gasteiger partial charge in [-0.1, -0.05) is 0 Å². The number of nitrogens with one attached hydrogen (secondary N) is 3. The molecule has 198 valence electrons. The Hall–Kier alpha value is -3.38. The van der Waals surface area contributed by atoms with Crippen LogP contribution in [-0.2, 0) is 32.1 Å². The number of hydrogen-bond donors (Lipinski definition) is 7. The van der Waals surface area contributed by atoms with Crippen molar-refractivity contribution in [2.75, 3.05) is 13.1 Å². The van der Waals surface area contributed by atoms with E-state index in [9.17, 15) is 34.5 Å². The van der Waals surface area contributed by atoms with Gasteiger partial charge in [-0.05, 0) is 75.4 Å². The molecular formula is C24H35N5O7. The number of phenolic OH excluding ortho intramolecular Hbond substituents is 2. The number of carbonyl (C=O) groups excluding carboxylic acids is 3. The zero-order valence-electron chi connectivity index (χ0n) is 20.3. The highest BCUT2D eigenvalue weighted by atomic mass is 16.4. The van der Waals surface area contributed by atoms with Gasteiger partial charge in [0, 0.05) is 13.0 Å². The quantitative estimate of drug-likeness (QED) is 0.159. The molecule has 0 bridgehead atoms. The second kappa shape index (κ2) is 12.0. The van der Waals surface area contributed by atoms with Gasteiger partial charge in [-0.3, -0.25) is 14.4 Å². The van der Waals surface area contributed by atoms with Crippen molar-refractivity contribution in [2.45, 2.75) is 76.2 Å². The van der Waals surface area contributed by atoms with Crippen molar-refractivity contribution < 1.29 is 34.5 Å². The number of amides is 3. The van der Waals surface area contributed by atoms with E-state index in [1.54, 1.807) is 0 Å². The largest absolute Gasteiger partial charge is 0.504 e. The van der Waals surface area contributed by atoms with Crippen LogP contribution in [0.15, 0.2) is 12.1 Å². The van der Waals surface area contributed by atoms with Gasteiger partial charge in [-0.25, -0.2) is 4.79 Å². The summed E-state index contributed by atoms with van der Waals surface area (Å²) >= 11 is 0. The standard InChI is InChI=1S/C24H35N5O7/c1-13(27-22(33)16-6-4-8-26-16)21(32)28-17(5-2-3-7-25)23(34)29-12-15-11-20(31)19(30)10-14(15)9-18(29)24(35)36/h10-11,13,16-18,26,30-31H,2-9,12,25H2,1H3,(H,27,33)(H,28,32)(H,35,36)/t13-,16-,17-,18+/m0/s1. The van der Waals surface area contributed by atoms with E-state index in [4.69, 9.17) is 5.73 Å². The van der Waals surface area contributed by atoms with Gasteiger partial charge in [0.05, 0.1) is 6.04 Å². The number of aliphatic carboxylic acids is 1. The van der Waals surface area contributed by atoms with Crippen molar-refractivity contribution in [3.05, 3.63) is 23.3 Å². The molecule has 36 heavy (non-hydrogen) atoms. The fourth-order valence-electron chi connectivity index (χ4n) is 4.60.